The van der Waals surface area contributed by atoms with Gasteiger partial charge in [0.15, 0.2) is 0 Å². The fourth-order valence-corrected chi connectivity index (χ4v) is 4.81. The van der Waals surface area contributed by atoms with Gasteiger partial charge >= 0.3 is 0 Å². The normalized spacial score (nSPS) is 11.7. The molecular weight excluding hydrogens is 425 g/mol. The minimum atomic E-state index is -3.79. The predicted octanol–water partition coefficient (Wildman–Crippen LogP) is 4.17. The van der Waals surface area contributed by atoms with Crippen LogP contribution in [0.2, 0.25) is 0 Å². The molecule has 0 radical (unpaired) electrons. The van der Waals surface area contributed by atoms with Gasteiger partial charge in [0.2, 0.25) is 0 Å². The number of nitrogens with one attached hydrogen (secondary N) is 1. The zero-order valence-corrected chi connectivity index (χ0v) is 17.6. The Labute approximate surface area is 177 Å². The lowest BCUT2D eigenvalue weighted by molar-refractivity contribution is 0.599. The first-order valence-corrected chi connectivity index (χ1v) is 11.5. The second kappa shape index (κ2) is 8.41. The van der Waals surface area contributed by atoms with Crippen LogP contribution in [0.5, 0.6) is 0 Å². The number of nitrogens with zero attached hydrogens (tertiary/aromatic N) is 4. The highest BCUT2D eigenvalue weighted by molar-refractivity contribution is 7.99. The lowest BCUT2D eigenvalue weighted by atomic mass is 10.2. The maximum atomic E-state index is 13.0. The minimum absolute atomic E-state index is 0.00355. The molecule has 4 rings (SSSR count). The zero-order valence-electron chi connectivity index (χ0n) is 16.0. The Morgan fingerprint density at radius 3 is 2.53 bits per heavy atom. The van der Waals surface area contributed by atoms with Crippen LogP contribution < -0.4 is 4.72 Å². The molecule has 0 bridgehead atoms. The molecule has 2 aromatic heterocycles. The Hall–Kier alpha value is -2.98. The van der Waals surface area contributed by atoms with E-state index in [0.717, 1.165) is 40.6 Å². The van der Waals surface area contributed by atoms with Crippen molar-refractivity contribution >= 4 is 33.3 Å². The number of hydrogen-bond donors (Lipinski definition) is 1. The van der Waals surface area contributed by atoms with Gasteiger partial charge in [-0.25, -0.2) is 17.8 Å². The molecule has 0 saturated heterocycles. The highest BCUT2D eigenvalue weighted by atomic mass is 32.2. The second-order valence-corrected chi connectivity index (χ2v) is 9.27. The number of halogens is 1. The maximum Gasteiger partial charge on any atom is 0.261 e. The Bertz CT molecular complexity index is 1270. The molecule has 0 amide bonds. The van der Waals surface area contributed by atoms with Gasteiger partial charge in [0.05, 0.1) is 4.90 Å². The van der Waals surface area contributed by atoms with E-state index in [0.29, 0.717) is 11.5 Å². The molecule has 0 unspecified atom stereocenters. The molecule has 10 heteroatoms. The molecule has 154 valence electrons. The van der Waals surface area contributed by atoms with Crippen LogP contribution in [0.15, 0.2) is 75.7 Å². The van der Waals surface area contributed by atoms with E-state index in [1.54, 1.807) is 16.6 Å². The molecule has 0 spiro atoms. The van der Waals surface area contributed by atoms with Crippen molar-refractivity contribution < 1.29 is 12.8 Å². The average Bonchev–Trinajstić information content (AvgIpc) is 3.19. The van der Waals surface area contributed by atoms with Crippen LogP contribution in [0.1, 0.15) is 19.0 Å². The summed E-state index contributed by atoms with van der Waals surface area (Å²) in [5, 5.41) is 5.10. The van der Waals surface area contributed by atoms with E-state index in [9.17, 15) is 12.8 Å². The van der Waals surface area contributed by atoms with Crippen molar-refractivity contribution in [1.82, 2.24) is 19.6 Å². The van der Waals surface area contributed by atoms with Crippen molar-refractivity contribution in [3.8, 4) is 0 Å². The van der Waals surface area contributed by atoms with Crippen molar-refractivity contribution in [1.29, 1.82) is 0 Å². The fourth-order valence-electron chi connectivity index (χ4n) is 2.83. The van der Waals surface area contributed by atoms with Crippen LogP contribution in [-0.4, -0.2) is 28.0 Å². The monoisotopic (exact) mass is 443 g/mol. The highest BCUT2D eigenvalue weighted by Crippen LogP contribution is 2.29. The SMILES string of the molecule is CCCc1cc(Sc2ccc(NS(=O)(=O)c3ccc(F)cc3)cc2)n2ncnc2n1. The van der Waals surface area contributed by atoms with Crippen LogP contribution in [0.25, 0.3) is 5.78 Å². The third-order valence-electron chi connectivity index (χ3n) is 4.23. The van der Waals surface area contributed by atoms with Gasteiger partial charge in [0.25, 0.3) is 15.8 Å². The fraction of sp³-hybridized carbons (Fsp3) is 0.150. The number of hydrogen-bond acceptors (Lipinski definition) is 6. The molecular formula is C20H18FN5O2S2. The number of rotatable bonds is 7. The predicted molar refractivity (Wildman–Crippen MR) is 113 cm³/mol. The van der Waals surface area contributed by atoms with Crippen LogP contribution >= 0.6 is 11.8 Å². The van der Waals surface area contributed by atoms with Gasteiger partial charge in [-0.1, -0.05) is 25.1 Å². The Morgan fingerprint density at radius 2 is 1.83 bits per heavy atom. The van der Waals surface area contributed by atoms with E-state index in [-0.39, 0.29) is 4.90 Å². The Morgan fingerprint density at radius 1 is 1.10 bits per heavy atom. The molecule has 0 fully saturated rings. The zero-order chi connectivity index (χ0) is 21.1. The summed E-state index contributed by atoms with van der Waals surface area (Å²) in [5.41, 5.74) is 1.36. The molecule has 0 aliphatic heterocycles. The quantitative estimate of drug-likeness (QED) is 0.431. The number of anilines is 1. The van der Waals surface area contributed by atoms with Crippen LogP contribution in [0, 0.1) is 5.82 Å². The summed E-state index contributed by atoms with van der Waals surface area (Å²) in [6, 6.07) is 13.6. The van der Waals surface area contributed by atoms with Crippen LogP contribution in [-0.2, 0) is 16.4 Å². The van der Waals surface area contributed by atoms with E-state index < -0.39 is 15.8 Å². The van der Waals surface area contributed by atoms with Crippen LogP contribution in [0.3, 0.4) is 0 Å². The van der Waals surface area contributed by atoms with Crippen molar-refractivity contribution in [3.63, 3.8) is 0 Å². The van der Waals surface area contributed by atoms with E-state index in [1.807, 2.05) is 18.2 Å². The molecule has 2 aromatic carbocycles. The standard InChI is InChI=1S/C20H18FN5O2S2/c1-2-3-16-12-19(26-20(24-16)22-13-23-26)29-17-8-6-15(7-9-17)25-30(27,28)18-10-4-14(21)5-11-18/h4-13,25H,2-3H2,1H3. The molecule has 4 aromatic rings. The summed E-state index contributed by atoms with van der Waals surface area (Å²) in [5.74, 6) is 0.0575. The molecule has 30 heavy (non-hydrogen) atoms. The number of benzene rings is 2. The average molecular weight is 444 g/mol. The smallest absolute Gasteiger partial charge is 0.261 e. The van der Waals surface area contributed by atoms with Gasteiger partial charge in [-0.15, -0.1) is 0 Å². The number of fused-ring (bicyclic) bond motifs is 1. The van der Waals surface area contributed by atoms with E-state index in [4.69, 9.17) is 0 Å². The summed E-state index contributed by atoms with van der Waals surface area (Å²) in [6.45, 7) is 2.09. The lowest BCUT2D eigenvalue weighted by Gasteiger charge is -2.10. The molecule has 0 aliphatic carbocycles. The van der Waals surface area contributed by atoms with Gasteiger partial charge in [-0.2, -0.15) is 14.6 Å². The first-order valence-electron chi connectivity index (χ1n) is 9.20. The second-order valence-electron chi connectivity index (χ2n) is 6.49. The van der Waals surface area contributed by atoms with Gasteiger partial charge in [0, 0.05) is 16.3 Å². The molecule has 0 saturated carbocycles. The topological polar surface area (TPSA) is 89.2 Å². The summed E-state index contributed by atoms with van der Waals surface area (Å²) in [6.07, 6.45) is 3.29. The molecule has 0 aliphatic rings. The van der Waals surface area contributed by atoms with Gasteiger partial charge < -0.3 is 0 Å². The van der Waals surface area contributed by atoms with Crippen molar-refractivity contribution in [2.24, 2.45) is 0 Å². The molecule has 2 heterocycles. The Balaban J connectivity index is 1.54. The van der Waals surface area contributed by atoms with Gasteiger partial charge in [0.1, 0.15) is 17.2 Å². The summed E-state index contributed by atoms with van der Waals surface area (Å²) in [4.78, 5) is 9.58. The first kappa shape index (κ1) is 20.3. The summed E-state index contributed by atoms with van der Waals surface area (Å²) >= 11 is 1.49. The van der Waals surface area contributed by atoms with E-state index in [2.05, 4.69) is 26.7 Å². The van der Waals surface area contributed by atoms with Gasteiger partial charge in [-0.3, -0.25) is 4.72 Å². The molecule has 0 atom stereocenters. The van der Waals surface area contributed by atoms with Crippen molar-refractivity contribution in [3.05, 3.63) is 72.4 Å². The molecule has 1 N–H and O–H groups in total. The first-order chi connectivity index (χ1) is 14.4. The van der Waals surface area contributed by atoms with E-state index in [1.165, 1.54) is 30.2 Å². The number of aryl methyl sites for hydroxylation is 1. The highest BCUT2D eigenvalue weighted by Gasteiger charge is 2.14. The number of aromatic nitrogens is 4. The largest absolute Gasteiger partial charge is 0.280 e. The summed E-state index contributed by atoms with van der Waals surface area (Å²) in [7, 11) is -3.79. The third-order valence-corrected chi connectivity index (χ3v) is 6.64. The van der Waals surface area contributed by atoms with Crippen molar-refractivity contribution in [2.75, 3.05) is 4.72 Å². The number of sulfonamides is 1. The molecule has 7 nitrogen and oxygen atoms in total. The minimum Gasteiger partial charge on any atom is -0.280 e. The van der Waals surface area contributed by atoms with E-state index >= 15 is 0 Å². The van der Waals surface area contributed by atoms with Crippen LogP contribution in [0.4, 0.5) is 10.1 Å². The maximum absolute atomic E-state index is 13.0. The lowest BCUT2D eigenvalue weighted by Crippen LogP contribution is -2.12. The van der Waals surface area contributed by atoms with Crippen molar-refractivity contribution in [2.45, 2.75) is 34.6 Å². The summed E-state index contributed by atoms with van der Waals surface area (Å²) < 4.78 is 42.1. The Kier molecular flexibility index (Phi) is 5.69. The van der Waals surface area contributed by atoms with Gasteiger partial charge in [-0.05, 0) is 61.0 Å². The third kappa shape index (κ3) is 4.44.